The fourth-order valence-corrected chi connectivity index (χ4v) is 1.06. The van der Waals surface area contributed by atoms with Crippen LogP contribution in [0.3, 0.4) is 0 Å². The molecule has 0 heterocycles. The van der Waals surface area contributed by atoms with Crippen LogP contribution in [-0.4, -0.2) is 24.2 Å². The minimum absolute atomic E-state index is 0.448. The maximum Gasteiger partial charge on any atom is 0.253 e. The van der Waals surface area contributed by atoms with E-state index in [1.54, 1.807) is 18.2 Å². The molecule has 1 aromatic carbocycles. The number of aliphatic hydroxyl groups excluding tert-OH is 1. The molecule has 0 spiro atoms. The van der Waals surface area contributed by atoms with Gasteiger partial charge in [-0.25, -0.2) is 0 Å². The summed E-state index contributed by atoms with van der Waals surface area (Å²) in [6, 6.07) is 4.88. The number of amides is 1. The van der Waals surface area contributed by atoms with Gasteiger partial charge in [-0.05, 0) is 25.1 Å². The van der Waals surface area contributed by atoms with Gasteiger partial charge in [0.2, 0.25) is 0 Å². The number of nitrogens with one attached hydrogen (secondary N) is 1. The number of nitrogens with two attached hydrogens (primary N) is 1. The van der Waals surface area contributed by atoms with Gasteiger partial charge in [-0.3, -0.25) is 4.79 Å². The molecule has 0 aromatic heterocycles. The Kier molecular flexibility index (Phi) is 3.51. The summed E-state index contributed by atoms with van der Waals surface area (Å²) in [5, 5.41) is 11.5. The van der Waals surface area contributed by atoms with E-state index in [-0.39, 0.29) is 0 Å². The average Bonchev–Trinajstić information content (AvgIpc) is 2.18. The Labute approximate surface area is 87.9 Å². The summed E-state index contributed by atoms with van der Waals surface area (Å²) in [6.45, 7) is 1.38. The zero-order chi connectivity index (χ0) is 11.4. The monoisotopic (exact) mass is 210 g/mol. The van der Waals surface area contributed by atoms with E-state index in [1.165, 1.54) is 14.0 Å². The van der Waals surface area contributed by atoms with Crippen molar-refractivity contribution in [3.63, 3.8) is 0 Å². The Bertz CT molecular complexity index is 364. The highest BCUT2D eigenvalue weighted by Crippen LogP contribution is 2.26. The highest BCUT2D eigenvalue weighted by molar-refractivity contribution is 5.95. The molecular formula is C10H14N2O3. The van der Waals surface area contributed by atoms with Crippen LogP contribution in [0.15, 0.2) is 18.2 Å². The Morgan fingerprint density at radius 1 is 1.60 bits per heavy atom. The van der Waals surface area contributed by atoms with Crippen LogP contribution in [0.2, 0.25) is 0 Å². The third-order valence-electron chi connectivity index (χ3n) is 1.86. The first-order valence-corrected chi connectivity index (χ1v) is 4.47. The molecule has 1 unspecified atom stereocenters. The van der Waals surface area contributed by atoms with Gasteiger partial charge in [-0.1, -0.05) is 0 Å². The second-order valence-corrected chi connectivity index (χ2v) is 3.12. The molecule has 0 aliphatic heterocycles. The van der Waals surface area contributed by atoms with E-state index in [0.717, 1.165) is 0 Å². The van der Waals surface area contributed by atoms with E-state index >= 15 is 0 Å². The van der Waals surface area contributed by atoms with Gasteiger partial charge in [-0.2, -0.15) is 0 Å². The number of aliphatic hydroxyl groups is 1. The second kappa shape index (κ2) is 4.65. The molecule has 1 atom stereocenters. The zero-order valence-corrected chi connectivity index (χ0v) is 8.65. The number of carbonyl (C=O) groups excluding carboxylic acids is 1. The lowest BCUT2D eigenvalue weighted by Gasteiger charge is -2.11. The molecule has 1 amide bonds. The summed E-state index contributed by atoms with van der Waals surface area (Å²) < 4.78 is 5.03. The normalized spacial score (nSPS) is 11.9. The van der Waals surface area contributed by atoms with Crippen LogP contribution in [-0.2, 0) is 4.79 Å². The molecule has 15 heavy (non-hydrogen) atoms. The maximum atomic E-state index is 11.2. The topological polar surface area (TPSA) is 84.6 Å². The molecular weight excluding hydrogens is 196 g/mol. The molecule has 0 aliphatic rings. The predicted molar refractivity (Wildman–Crippen MR) is 57.7 cm³/mol. The molecule has 82 valence electrons. The quantitative estimate of drug-likeness (QED) is 0.638. The molecule has 1 aromatic rings. The number of benzene rings is 1. The van der Waals surface area contributed by atoms with Crippen molar-refractivity contribution in [1.82, 2.24) is 0 Å². The van der Waals surface area contributed by atoms with Crippen LogP contribution in [0, 0.1) is 0 Å². The second-order valence-electron chi connectivity index (χ2n) is 3.12. The number of carbonyl (C=O) groups is 1. The minimum Gasteiger partial charge on any atom is -0.495 e. The summed E-state index contributed by atoms with van der Waals surface area (Å²) >= 11 is 0. The van der Waals surface area contributed by atoms with E-state index in [4.69, 9.17) is 15.6 Å². The lowest BCUT2D eigenvalue weighted by atomic mass is 10.2. The van der Waals surface area contributed by atoms with Crippen molar-refractivity contribution in [2.24, 2.45) is 0 Å². The Morgan fingerprint density at radius 3 is 2.80 bits per heavy atom. The summed E-state index contributed by atoms with van der Waals surface area (Å²) in [5.74, 6) is -0.00269. The number of methoxy groups -OCH3 is 1. The lowest BCUT2D eigenvalue weighted by Crippen LogP contribution is -2.24. The summed E-state index contributed by atoms with van der Waals surface area (Å²) in [6.07, 6.45) is -1.07. The van der Waals surface area contributed by atoms with Gasteiger partial charge in [0.05, 0.1) is 12.8 Å². The molecule has 0 fully saturated rings. The van der Waals surface area contributed by atoms with Crippen LogP contribution >= 0.6 is 0 Å². The highest BCUT2D eigenvalue weighted by Gasteiger charge is 2.11. The molecule has 4 N–H and O–H groups in total. The molecule has 0 aliphatic carbocycles. The molecule has 5 nitrogen and oxygen atoms in total. The standard InChI is InChI=1S/C10H14N2O3/c1-6(13)10(14)12-8-5-7(11)3-4-9(8)15-2/h3-6,13H,11H2,1-2H3,(H,12,14). The van der Waals surface area contributed by atoms with Crippen LogP contribution in [0.5, 0.6) is 5.75 Å². The predicted octanol–water partition coefficient (Wildman–Crippen LogP) is 0.597. The first kappa shape index (κ1) is 11.3. The highest BCUT2D eigenvalue weighted by atomic mass is 16.5. The van der Waals surface area contributed by atoms with Crippen LogP contribution in [0.1, 0.15) is 6.92 Å². The van der Waals surface area contributed by atoms with E-state index in [9.17, 15) is 4.79 Å². The third-order valence-corrected chi connectivity index (χ3v) is 1.86. The van der Waals surface area contributed by atoms with Gasteiger partial charge in [0.15, 0.2) is 0 Å². The van der Waals surface area contributed by atoms with Gasteiger partial charge in [0.1, 0.15) is 11.9 Å². The van der Waals surface area contributed by atoms with E-state index in [1.807, 2.05) is 0 Å². The Hall–Kier alpha value is -1.75. The first-order chi connectivity index (χ1) is 7.04. The van der Waals surface area contributed by atoms with Crippen LogP contribution in [0.25, 0.3) is 0 Å². The van der Waals surface area contributed by atoms with Gasteiger partial charge in [0, 0.05) is 5.69 Å². The molecule has 0 saturated heterocycles. The van der Waals surface area contributed by atoms with Crippen molar-refractivity contribution in [3.05, 3.63) is 18.2 Å². The maximum absolute atomic E-state index is 11.2. The van der Waals surface area contributed by atoms with Gasteiger partial charge >= 0.3 is 0 Å². The first-order valence-electron chi connectivity index (χ1n) is 4.47. The van der Waals surface area contributed by atoms with E-state index in [0.29, 0.717) is 17.1 Å². The fourth-order valence-electron chi connectivity index (χ4n) is 1.06. The van der Waals surface area contributed by atoms with Crippen molar-refractivity contribution < 1.29 is 14.6 Å². The number of anilines is 2. The van der Waals surface area contributed by atoms with Gasteiger partial charge in [0.25, 0.3) is 5.91 Å². The summed E-state index contributed by atoms with van der Waals surface area (Å²) in [7, 11) is 1.49. The molecule has 0 radical (unpaired) electrons. The van der Waals surface area contributed by atoms with Crippen molar-refractivity contribution in [3.8, 4) is 5.75 Å². The third kappa shape index (κ3) is 2.85. The van der Waals surface area contributed by atoms with E-state index < -0.39 is 12.0 Å². The lowest BCUT2D eigenvalue weighted by molar-refractivity contribution is -0.123. The number of ether oxygens (including phenoxy) is 1. The zero-order valence-electron chi connectivity index (χ0n) is 8.65. The van der Waals surface area contributed by atoms with Crippen molar-refractivity contribution in [2.45, 2.75) is 13.0 Å². The van der Waals surface area contributed by atoms with Crippen molar-refractivity contribution >= 4 is 17.3 Å². The number of rotatable bonds is 3. The molecule has 0 saturated carbocycles. The van der Waals surface area contributed by atoms with Crippen LogP contribution < -0.4 is 15.8 Å². The van der Waals surface area contributed by atoms with Gasteiger partial charge in [-0.15, -0.1) is 0 Å². The number of nitrogen functional groups attached to an aromatic ring is 1. The summed E-state index contributed by atoms with van der Waals surface area (Å²) in [4.78, 5) is 11.2. The van der Waals surface area contributed by atoms with Crippen molar-refractivity contribution in [1.29, 1.82) is 0 Å². The van der Waals surface area contributed by atoms with Gasteiger partial charge < -0.3 is 20.9 Å². The molecule has 1 rings (SSSR count). The van der Waals surface area contributed by atoms with Crippen LogP contribution in [0.4, 0.5) is 11.4 Å². The Morgan fingerprint density at radius 2 is 2.27 bits per heavy atom. The average molecular weight is 210 g/mol. The largest absolute Gasteiger partial charge is 0.495 e. The number of hydrogen-bond acceptors (Lipinski definition) is 4. The SMILES string of the molecule is COc1ccc(N)cc1NC(=O)C(C)O. The van der Waals surface area contributed by atoms with Crippen molar-refractivity contribution in [2.75, 3.05) is 18.2 Å². The Balaban J connectivity index is 2.92. The summed E-state index contributed by atoms with van der Waals surface area (Å²) in [5.41, 5.74) is 6.52. The fraction of sp³-hybridized carbons (Fsp3) is 0.300. The molecule has 5 heteroatoms. The molecule has 0 bridgehead atoms. The number of hydrogen-bond donors (Lipinski definition) is 3. The minimum atomic E-state index is -1.07. The smallest absolute Gasteiger partial charge is 0.253 e. The van der Waals surface area contributed by atoms with E-state index in [2.05, 4.69) is 5.32 Å².